The van der Waals surface area contributed by atoms with Crippen LogP contribution in [0.4, 0.5) is 5.82 Å². The fourth-order valence-corrected chi connectivity index (χ4v) is 2.95. The largest absolute Gasteiger partial charge is 0.373 e. The summed E-state index contributed by atoms with van der Waals surface area (Å²) in [6.45, 7) is 3.18. The van der Waals surface area contributed by atoms with Gasteiger partial charge in [-0.05, 0) is 50.8 Å². The second kappa shape index (κ2) is 6.58. The summed E-state index contributed by atoms with van der Waals surface area (Å²) in [5, 5.41) is 3.82. The van der Waals surface area contributed by atoms with E-state index in [0.29, 0.717) is 6.04 Å². The fourth-order valence-electron chi connectivity index (χ4n) is 2.78. The van der Waals surface area contributed by atoms with Crippen molar-refractivity contribution in [1.82, 2.24) is 9.88 Å². The topological polar surface area (TPSA) is 28.2 Å². The van der Waals surface area contributed by atoms with Crippen LogP contribution in [0.5, 0.6) is 0 Å². The van der Waals surface area contributed by atoms with Gasteiger partial charge in [0.05, 0.1) is 10.7 Å². The molecule has 3 nitrogen and oxygen atoms in total. The normalized spacial score (nSPS) is 23.6. The summed E-state index contributed by atoms with van der Waals surface area (Å²) >= 11 is 6.24. The predicted molar refractivity (Wildman–Crippen MR) is 81.7 cm³/mol. The Labute approximate surface area is 121 Å². The first kappa shape index (κ1) is 14.6. The van der Waals surface area contributed by atoms with E-state index in [1.54, 1.807) is 0 Å². The van der Waals surface area contributed by atoms with Crippen LogP contribution >= 0.6 is 11.6 Å². The van der Waals surface area contributed by atoms with Crippen LogP contribution in [0.3, 0.4) is 0 Å². The van der Waals surface area contributed by atoms with E-state index in [4.69, 9.17) is 11.6 Å². The lowest BCUT2D eigenvalue weighted by Gasteiger charge is -2.33. The van der Waals surface area contributed by atoms with Crippen molar-refractivity contribution >= 4 is 17.4 Å². The molecule has 106 valence electrons. The lowest BCUT2D eigenvalue weighted by molar-refractivity contribution is 0.162. The van der Waals surface area contributed by atoms with Crippen LogP contribution in [0.15, 0.2) is 12.1 Å². The van der Waals surface area contributed by atoms with Crippen LogP contribution in [0, 0.1) is 5.92 Å². The van der Waals surface area contributed by atoms with Gasteiger partial charge in [0.1, 0.15) is 5.82 Å². The molecule has 19 heavy (non-hydrogen) atoms. The SMILES string of the molecule is CNc1ccc(Cl)c(CN(C)C2CCC(C)CC2)n1. The zero-order valence-electron chi connectivity index (χ0n) is 12.1. The van der Waals surface area contributed by atoms with Gasteiger partial charge in [0.25, 0.3) is 0 Å². The average molecular weight is 282 g/mol. The molecular weight excluding hydrogens is 258 g/mol. The number of aromatic nitrogens is 1. The van der Waals surface area contributed by atoms with E-state index in [2.05, 4.69) is 29.2 Å². The number of nitrogens with zero attached hydrogens (tertiary/aromatic N) is 2. The molecule has 0 spiro atoms. The van der Waals surface area contributed by atoms with E-state index in [0.717, 1.165) is 29.0 Å². The fraction of sp³-hybridized carbons (Fsp3) is 0.667. The van der Waals surface area contributed by atoms with Crippen molar-refractivity contribution < 1.29 is 0 Å². The molecule has 0 unspecified atom stereocenters. The Bertz CT molecular complexity index is 414. The van der Waals surface area contributed by atoms with Crippen molar-refractivity contribution in [2.45, 2.75) is 45.2 Å². The molecule has 1 heterocycles. The first-order valence-corrected chi connectivity index (χ1v) is 7.51. The van der Waals surface area contributed by atoms with Crippen molar-refractivity contribution in [3.05, 3.63) is 22.8 Å². The van der Waals surface area contributed by atoms with E-state index < -0.39 is 0 Å². The lowest BCUT2D eigenvalue weighted by Crippen LogP contribution is -2.34. The molecular formula is C15H24ClN3. The van der Waals surface area contributed by atoms with Crippen LogP contribution in [0.2, 0.25) is 5.02 Å². The maximum atomic E-state index is 6.24. The monoisotopic (exact) mass is 281 g/mol. The highest BCUT2D eigenvalue weighted by atomic mass is 35.5. The van der Waals surface area contributed by atoms with Crippen molar-refractivity contribution in [2.24, 2.45) is 5.92 Å². The average Bonchev–Trinajstić information content (AvgIpc) is 2.42. The quantitative estimate of drug-likeness (QED) is 0.910. The predicted octanol–water partition coefficient (Wildman–Crippen LogP) is 3.79. The molecule has 1 aromatic heterocycles. The zero-order valence-corrected chi connectivity index (χ0v) is 12.9. The van der Waals surface area contributed by atoms with Crippen LogP contribution in [-0.2, 0) is 6.54 Å². The molecule has 1 aliphatic carbocycles. The summed E-state index contributed by atoms with van der Waals surface area (Å²) in [5.74, 6) is 1.77. The summed E-state index contributed by atoms with van der Waals surface area (Å²) in [5.41, 5.74) is 0.967. The van der Waals surface area contributed by atoms with Gasteiger partial charge < -0.3 is 5.32 Å². The summed E-state index contributed by atoms with van der Waals surface area (Å²) in [4.78, 5) is 6.96. The van der Waals surface area contributed by atoms with Gasteiger partial charge in [0.15, 0.2) is 0 Å². The van der Waals surface area contributed by atoms with E-state index in [9.17, 15) is 0 Å². The summed E-state index contributed by atoms with van der Waals surface area (Å²) in [7, 11) is 4.07. The minimum Gasteiger partial charge on any atom is -0.373 e. The molecule has 0 aliphatic heterocycles. The molecule has 1 N–H and O–H groups in total. The molecule has 1 fully saturated rings. The number of anilines is 1. The minimum atomic E-state index is 0.673. The summed E-state index contributed by atoms with van der Waals surface area (Å²) in [6.07, 6.45) is 5.27. The number of halogens is 1. The molecule has 4 heteroatoms. The molecule has 0 radical (unpaired) electrons. The van der Waals surface area contributed by atoms with Crippen molar-refractivity contribution in [2.75, 3.05) is 19.4 Å². The number of hydrogen-bond donors (Lipinski definition) is 1. The Balaban J connectivity index is 2.00. The first-order valence-electron chi connectivity index (χ1n) is 7.13. The number of rotatable bonds is 4. The van der Waals surface area contributed by atoms with Crippen LogP contribution in [0.1, 0.15) is 38.3 Å². The standard InChI is InChI=1S/C15H24ClN3/c1-11-4-6-12(7-5-11)19(3)10-14-13(16)8-9-15(17-2)18-14/h8-9,11-12H,4-7,10H2,1-3H3,(H,17,18). The molecule has 2 rings (SSSR count). The van der Waals surface area contributed by atoms with Gasteiger partial charge in [0, 0.05) is 19.6 Å². The van der Waals surface area contributed by atoms with Crippen LogP contribution < -0.4 is 5.32 Å². The Morgan fingerprint density at radius 1 is 1.32 bits per heavy atom. The van der Waals surface area contributed by atoms with Gasteiger partial charge in [-0.25, -0.2) is 4.98 Å². The van der Waals surface area contributed by atoms with Crippen molar-refractivity contribution in [3.63, 3.8) is 0 Å². The second-order valence-electron chi connectivity index (χ2n) is 5.70. The minimum absolute atomic E-state index is 0.673. The van der Waals surface area contributed by atoms with E-state index in [1.165, 1.54) is 25.7 Å². The summed E-state index contributed by atoms with van der Waals surface area (Å²) < 4.78 is 0. The molecule has 0 aromatic carbocycles. The Hall–Kier alpha value is -0.800. The zero-order chi connectivity index (χ0) is 13.8. The molecule has 1 aliphatic rings. The molecule has 0 amide bonds. The van der Waals surface area contributed by atoms with E-state index >= 15 is 0 Å². The van der Waals surface area contributed by atoms with Crippen LogP contribution in [0.25, 0.3) is 0 Å². The highest BCUT2D eigenvalue weighted by Gasteiger charge is 2.22. The third-order valence-corrected chi connectivity index (χ3v) is 4.53. The third kappa shape index (κ3) is 3.83. The third-order valence-electron chi connectivity index (χ3n) is 4.18. The lowest BCUT2D eigenvalue weighted by atomic mass is 9.87. The summed E-state index contributed by atoms with van der Waals surface area (Å²) in [6, 6.07) is 4.51. The van der Waals surface area contributed by atoms with E-state index in [-0.39, 0.29) is 0 Å². The van der Waals surface area contributed by atoms with Gasteiger partial charge in [-0.2, -0.15) is 0 Å². The van der Waals surface area contributed by atoms with Gasteiger partial charge in [-0.3, -0.25) is 4.90 Å². The smallest absolute Gasteiger partial charge is 0.126 e. The molecule has 1 saturated carbocycles. The van der Waals surface area contributed by atoms with Crippen molar-refractivity contribution in [1.29, 1.82) is 0 Å². The highest BCUT2D eigenvalue weighted by Crippen LogP contribution is 2.28. The van der Waals surface area contributed by atoms with Gasteiger partial charge in [-0.15, -0.1) is 0 Å². The van der Waals surface area contributed by atoms with Gasteiger partial charge >= 0.3 is 0 Å². The molecule has 0 saturated heterocycles. The Morgan fingerprint density at radius 3 is 2.63 bits per heavy atom. The number of nitrogens with one attached hydrogen (secondary N) is 1. The molecule has 1 aromatic rings. The maximum Gasteiger partial charge on any atom is 0.126 e. The molecule has 0 atom stereocenters. The number of pyridine rings is 1. The highest BCUT2D eigenvalue weighted by molar-refractivity contribution is 6.31. The van der Waals surface area contributed by atoms with Gasteiger partial charge in [0.2, 0.25) is 0 Å². The number of hydrogen-bond acceptors (Lipinski definition) is 3. The van der Waals surface area contributed by atoms with Crippen molar-refractivity contribution in [3.8, 4) is 0 Å². The van der Waals surface area contributed by atoms with E-state index in [1.807, 2.05) is 19.2 Å². The first-order chi connectivity index (χ1) is 9.10. The Kier molecular flexibility index (Phi) is 5.06. The maximum absolute atomic E-state index is 6.24. The Morgan fingerprint density at radius 2 is 2.00 bits per heavy atom. The van der Waals surface area contributed by atoms with Crippen LogP contribution in [-0.4, -0.2) is 30.0 Å². The molecule has 0 bridgehead atoms. The van der Waals surface area contributed by atoms with Gasteiger partial charge in [-0.1, -0.05) is 18.5 Å². The second-order valence-corrected chi connectivity index (χ2v) is 6.11.